The molecule has 1 aromatic rings. The highest BCUT2D eigenvalue weighted by molar-refractivity contribution is 5.97. The van der Waals surface area contributed by atoms with Crippen LogP contribution in [0.4, 0.5) is 5.69 Å². The number of hydrogen-bond acceptors (Lipinski definition) is 4. The average molecular weight is 389 g/mol. The maximum Gasteiger partial charge on any atom is 0.251 e. The molecule has 28 heavy (non-hydrogen) atoms. The van der Waals surface area contributed by atoms with E-state index in [2.05, 4.69) is 41.2 Å². The van der Waals surface area contributed by atoms with Gasteiger partial charge in [-0.3, -0.25) is 9.59 Å². The molecule has 1 aliphatic rings. The van der Waals surface area contributed by atoms with Gasteiger partial charge in [0.2, 0.25) is 5.91 Å². The highest BCUT2D eigenvalue weighted by Crippen LogP contribution is 2.17. The van der Waals surface area contributed by atoms with E-state index in [9.17, 15) is 9.59 Å². The first-order valence-electron chi connectivity index (χ1n) is 10.6. The maximum absolute atomic E-state index is 12.5. The predicted molar refractivity (Wildman–Crippen MR) is 115 cm³/mol. The molecule has 1 aliphatic heterocycles. The Hall–Kier alpha value is -2.08. The molecule has 1 saturated heterocycles. The number of carbonyl (C=O) groups is 2. The van der Waals surface area contributed by atoms with Crippen molar-refractivity contribution in [1.82, 2.24) is 15.5 Å². The molecule has 1 fully saturated rings. The molecule has 2 N–H and O–H groups in total. The fourth-order valence-electron chi connectivity index (χ4n) is 3.67. The summed E-state index contributed by atoms with van der Waals surface area (Å²) in [6.45, 7) is 12.8. The molecule has 6 heteroatoms. The molecule has 0 aliphatic carbocycles. The van der Waals surface area contributed by atoms with Crippen molar-refractivity contribution in [2.45, 2.75) is 59.0 Å². The van der Waals surface area contributed by atoms with Crippen molar-refractivity contribution in [1.29, 1.82) is 0 Å². The van der Waals surface area contributed by atoms with Crippen LogP contribution < -0.4 is 15.5 Å². The Balaban J connectivity index is 1.79. The van der Waals surface area contributed by atoms with Crippen LogP contribution >= 0.6 is 0 Å². The summed E-state index contributed by atoms with van der Waals surface area (Å²) in [6.07, 6.45) is 3.79. The van der Waals surface area contributed by atoms with Crippen LogP contribution in [0.15, 0.2) is 24.3 Å². The summed E-state index contributed by atoms with van der Waals surface area (Å²) < 4.78 is 0. The predicted octanol–water partition coefficient (Wildman–Crippen LogP) is 2.64. The third-order valence-electron chi connectivity index (χ3n) is 5.34. The molecular formula is C22H36N4O2. The minimum Gasteiger partial charge on any atom is -0.369 e. The van der Waals surface area contributed by atoms with Crippen molar-refractivity contribution in [3.8, 4) is 0 Å². The Morgan fingerprint density at radius 2 is 1.71 bits per heavy atom. The third-order valence-corrected chi connectivity index (χ3v) is 5.34. The van der Waals surface area contributed by atoms with E-state index in [1.165, 1.54) is 19.3 Å². The van der Waals surface area contributed by atoms with Crippen LogP contribution in [0.5, 0.6) is 0 Å². The second-order valence-corrected chi connectivity index (χ2v) is 7.82. The molecule has 2 amide bonds. The van der Waals surface area contributed by atoms with Gasteiger partial charge in [0, 0.05) is 36.9 Å². The summed E-state index contributed by atoms with van der Waals surface area (Å²) in [5.41, 5.74) is 1.66. The van der Waals surface area contributed by atoms with Gasteiger partial charge in [-0.05, 0) is 77.9 Å². The minimum absolute atomic E-state index is 0.140. The normalized spacial score (nSPS) is 15.9. The van der Waals surface area contributed by atoms with Gasteiger partial charge in [0.15, 0.2) is 0 Å². The van der Waals surface area contributed by atoms with Gasteiger partial charge < -0.3 is 20.4 Å². The van der Waals surface area contributed by atoms with Crippen LogP contribution in [-0.2, 0) is 4.79 Å². The minimum atomic E-state index is -0.559. The van der Waals surface area contributed by atoms with Gasteiger partial charge in [-0.15, -0.1) is 0 Å². The van der Waals surface area contributed by atoms with Crippen molar-refractivity contribution >= 4 is 17.5 Å². The Labute approximate surface area is 169 Å². The van der Waals surface area contributed by atoms with Crippen molar-refractivity contribution in [2.75, 3.05) is 37.6 Å². The van der Waals surface area contributed by atoms with Crippen LogP contribution in [0, 0.1) is 0 Å². The van der Waals surface area contributed by atoms with Gasteiger partial charge in [0.05, 0.1) is 0 Å². The lowest BCUT2D eigenvalue weighted by atomic mass is 10.1. The zero-order chi connectivity index (χ0) is 20.5. The van der Waals surface area contributed by atoms with E-state index in [0.29, 0.717) is 18.2 Å². The van der Waals surface area contributed by atoms with Crippen molar-refractivity contribution in [2.24, 2.45) is 0 Å². The lowest BCUT2D eigenvalue weighted by Crippen LogP contribution is -2.47. The van der Waals surface area contributed by atoms with Crippen LogP contribution in [0.1, 0.15) is 57.3 Å². The lowest BCUT2D eigenvalue weighted by molar-refractivity contribution is -0.122. The summed E-state index contributed by atoms with van der Waals surface area (Å²) in [5, 5.41) is 5.72. The van der Waals surface area contributed by atoms with Gasteiger partial charge in [0.25, 0.3) is 5.91 Å². The number of amides is 2. The number of piperidine rings is 1. The van der Waals surface area contributed by atoms with Crippen LogP contribution in [0.25, 0.3) is 0 Å². The van der Waals surface area contributed by atoms with E-state index < -0.39 is 6.04 Å². The SMILES string of the molecule is CCN(c1ccc(C(=O)N[C@H](C)C(=O)NCCN2CCCCC2)cc1)C(C)C. The van der Waals surface area contributed by atoms with Crippen molar-refractivity contribution < 1.29 is 9.59 Å². The smallest absolute Gasteiger partial charge is 0.251 e. The Kier molecular flexibility index (Phi) is 8.77. The molecule has 1 heterocycles. The van der Waals surface area contributed by atoms with E-state index in [-0.39, 0.29) is 11.8 Å². The zero-order valence-electron chi connectivity index (χ0n) is 17.8. The monoisotopic (exact) mass is 388 g/mol. The van der Waals surface area contributed by atoms with Gasteiger partial charge >= 0.3 is 0 Å². The Morgan fingerprint density at radius 3 is 2.29 bits per heavy atom. The summed E-state index contributed by atoms with van der Waals surface area (Å²) in [5.74, 6) is -0.364. The molecular weight excluding hydrogens is 352 g/mol. The first-order chi connectivity index (χ1) is 13.4. The van der Waals surface area contributed by atoms with Crippen molar-refractivity contribution in [3.63, 3.8) is 0 Å². The fraction of sp³-hybridized carbons (Fsp3) is 0.636. The van der Waals surface area contributed by atoms with E-state index in [0.717, 1.165) is 31.9 Å². The van der Waals surface area contributed by atoms with E-state index in [4.69, 9.17) is 0 Å². The number of anilines is 1. The van der Waals surface area contributed by atoms with E-state index in [1.807, 2.05) is 24.3 Å². The summed E-state index contributed by atoms with van der Waals surface area (Å²) in [6, 6.07) is 7.39. The summed E-state index contributed by atoms with van der Waals surface area (Å²) >= 11 is 0. The molecule has 0 unspecified atom stereocenters. The standard InChI is InChI=1S/C22H36N4O2/c1-5-26(17(2)3)20-11-9-19(10-12-20)22(28)24-18(4)21(27)23-13-16-25-14-7-6-8-15-25/h9-12,17-18H,5-8,13-16H2,1-4H3,(H,23,27)(H,24,28)/t18-/m1/s1. The van der Waals surface area contributed by atoms with Crippen LogP contribution in [-0.4, -0.2) is 61.5 Å². The molecule has 1 atom stereocenters. The molecule has 6 nitrogen and oxygen atoms in total. The number of likely N-dealkylation sites (tertiary alicyclic amines) is 1. The molecule has 0 aromatic heterocycles. The number of nitrogens with zero attached hydrogens (tertiary/aromatic N) is 2. The van der Waals surface area contributed by atoms with E-state index in [1.54, 1.807) is 6.92 Å². The zero-order valence-corrected chi connectivity index (χ0v) is 17.8. The number of carbonyl (C=O) groups excluding carboxylic acids is 2. The number of nitrogens with one attached hydrogen (secondary N) is 2. The third kappa shape index (κ3) is 6.51. The van der Waals surface area contributed by atoms with Crippen LogP contribution in [0.3, 0.4) is 0 Å². The van der Waals surface area contributed by atoms with Gasteiger partial charge in [-0.1, -0.05) is 6.42 Å². The molecule has 0 bridgehead atoms. The number of benzene rings is 1. The molecule has 0 radical (unpaired) electrons. The van der Waals surface area contributed by atoms with Crippen molar-refractivity contribution in [3.05, 3.63) is 29.8 Å². The quantitative estimate of drug-likeness (QED) is 0.683. The maximum atomic E-state index is 12.5. The number of rotatable bonds is 9. The molecule has 0 saturated carbocycles. The molecule has 156 valence electrons. The lowest BCUT2D eigenvalue weighted by Gasteiger charge is -2.27. The van der Waals surface area contributed by atoms with Gasteiger partial charge in [-0.25, -0.2) is 0 Å². The second kappa shape index (κ2) is 11.1. The topological polar surface area (TPSA) is 64.7 Å². The highest BCUT2D eigenvalue weighted by atomic mass is 16.2. The van der Waals surface area contributed by atoms with E-state index >= 15 is 0 Å². The number of hydrogen-bond donors (Lipinski definition) is 2. The molecule has 0 spiro atoms. The van der Waals surface area contributed by atoms with Gasteiger partial charge in [0.1, 0.15) is 6.04 Å². The summed E-state index contributed by atoms with van der Waals surface area (Å²) in [4.78, 5) is 29.4. The highest BCUT2D eigenvalue weighted by Gasteiger charge is 2.17. The average Bonchev–Trinajstić information content (AvgIpc) is 2.69. The first kappa shape index (κ1) is 22.2. The van der Waals surface area contributed by atoms with Gasteiger partial charge in [-0.2, -0.15) is 0 Å². The van der Waals surface area contributed by atoms with Crippen LogP contribution in [0.2, 0.25) is 0 Å². The summed E-state index contributed by atoms with van der Waals surface area (Å²) in [7, 11) is 0. The molecule has 1 aromatic carbocycles. The fourth-order valence-corrected chi connectivity index (χ4v) is 3.67. The Morgan fingerprint density at radius 1 is 1.07 bits per heavy atom. The second-order valence-electron chi connectivity index (χ2n) is 7.82. The largest absolute Gasteiger partial charge is 0.369 e. The Bertz CT molecular complexity index is 624. The first-order valence-corrected chi connectivity index (χ1v) is 10.6. The molecule has 2 rings (SSSR count).